The minimum atomic E-state index is -0.623. The van der Waals surface area contributed by atoms with Gasteiger partial charge in [-0.05, 0) is 12.1 Å². The second kappa shape index (κ2) is 8.56. The summed E-state index contributed by atoms with van der Waals surface area (Å²) in [5, 5.41) is 14.0. The third kappa shape index (κ3) is 5.00. The molecule has 0 saturated heterocycles. The highest BCUT2D eigenvalue weighted by Gasteiger charge is 2.13. The predicted molar refractivity (Wildman–Crippen MR) is 74.1 cm³/mol. The van der Waals surface area contributed by atoms with Crippen LogP contribution in [0.4, 0.5) is 5.69 Å². The molecule has 0 radical (unpaired) electrons. The maximum absolute atomic E-state index is 11.9. The van der Waals surface area contributed by atoms with Crippen LogP contribution >= 0.6 is 0 Å². The van der Waals surface area contributed by atoms with Crippen molar-refractivity contribution in [3.63, 3.8) is 0 Å². The topological polar surface area (TPSA) is 87.7 Å². The highest BCUT2D eigenvalue weighted by molar-refractivity contribution is 5.96. The number of hydrogen-bond donors (Lipinski definition) is 3. The van der Waals surface area contributed by atoms with Crippen molar-refractivity contribution in [2.24, 2.45) is 0 Å². The summed E-state index contributed by atoms with van der Waals surface area (Å²) in [6.07, 6.45) is 4.99. The molecule has 0 fully saturated rings. The van der Waals surface area contributed by atoms with E-state index in [0.29, 0.717) is 17.8 Å². The Hall–Kier alpha value is -2.52. The molecule has 0 aliphatic carbocycles. The Morgan fingerprint density at radius 2 is 2.10 bits per heavy atom. The molecule has 0 unspecified atom stereocenters. The molecule has 0 aliphatic rings. The zero-order valence-corrected chi connectivity index (χ0v) is 10.9. The Labute approximate surface area is 117 Å². The van der Waals surface area contributed by atoms with Gasteiger partial charge in [0.2, 0.25) is 0 Å². The fourth-order valence-corrected chi connectivity index (χ4v) is 1.42. The number of nitrogens with one attached hydrogen (secondary N) is 2. The quantitative estimate of drug-likeness (QED) is 0.482. The minimum absolute atomic E-state index is 0.0577. The molecule has 6 heteroatoms. The first-order chi connectivity index (χ1) is 9.69. The number of para-hydroxylation sites is 1. The number of aliphatic hydroxyl groups excluding tert-OH is 1. The Bertz CT molecular complexity index is 508. The van der Waals surface area contributed by atoms with Gasteiger partial charge in [-0.15, -0.1) is 6.42 Å². The van der Waals surface area contributed by atoms with Crippen LogP contribution in [0.15, 0.2) is 24.3 Å². The predicted octanol–water partition coefficient (Wildman–Crippen LogP) is -0.00300. The van der Waals surface area contributed by atoms with Gasteiger partial charge in [-0.2, -0.15) is 0 Å². The van der Waals surface area contributed by atoms with E-state index in [1.54, 1.807) is 24.3 Å². The summed E-state index contributed by atoms with van der Waals surface area (Å²) in [5.41, 5.74) is 0.835. The second-order valence-corrected chi connectivity index (χ2v) is 3.75. The number of ether oxygens (including phenoxy) is 1. The van der Waals surface area contributed by atoms with E-state index in [9.17, 15) is 9.59 Å². The van der Waals surface area contributed by atoms with Crippen molar-refractivity contribution in [2.75, 3.05) is 31.6 Å². The van der Waals surface area contributed by atoms with Crippen LogP contribution in [0.2, 0.25) is 0 Å². The average molecular weight is 276 g/mol. The number of amides is 1. The van der Waals surface area contributed by atoms with Gasteiger partial charge in [0.05, 0.1) is 18.7 Å². The van der Waals surface area contributed by atoms with Gasteiger partial charge >= 0.3 is 5.97 Å². The van der Waals surface area contributed by atoms with Gasteiger partial charge in [-0.1, -0.05) is 18.1 Å². The van der Waals surface area contributed by atoms with Crippen molar-refractivity contribution < 1.29 is 19.4 Å². The number of esters is 1. The molecule has 1 rings (SSSR count). The molecule has 6 nitrogen and oxygen atoms in total. The first kappa shape index (κ1) is 15.5. The van der Waals surface area contributed by atoms with Crippen LogP contribution in [0.1, 0.15) is 10.4 Å². The van der Waals surface area contributed by atoms with Crippen molar-refractivity contribution in [1.82, 2.24) is 5.32 Å². The smallest absolute Gasteiger partial charge is 0.340 e. The summed E-state index contributed by atoms with van der Waals surface area (Å²) in [5.74, 6) is 1.16. The monoisotopic (exact) mass is 276 g/mol. The van der Waals surface area contributed by atoms with E-state index in [-0.39, 0.29) is 13.2 Å². The van der Waals surface area contributed by atoms with Crippen LogP contribution in [0, 0.1) is 12.3 Å². The Kier molecular flexibility index (Phi) is 6.65. The number of rotatable bonds is 7. The van der Waals surface area contributed by atoms with Crippen LogP contribution < -0.4 is 10.6 Å². The molecule has 1 aromatic rings. The Balaban J connectivity index is 2.59. The molecule has 20 heavy (non-hydrogen) atoms. The Morgan fingerprint density at radius 1 is 1.35 bits per heavy atom. The molecule has 106 valence electrons. The molecule has 0 aliphatic heterocycles. The van der Waals surface area contributed by atoms with Crippen molar-refractivity contribution >= 4 is 17.6 Å². The number of anilines is 1. The summed E-state index contributed by atoms with van der Waals surface area (Å²) in [7, 11) is 0. The maximum Gasteiger partial charge on any atom is 0.340 e. The van der Waals surface area contributed by atoms with Crippen LogP contribution in [0.5, 0.6) is 0 Å². The minimum Gasteiger partial charge on any atom is -0.452 e. The summed E-state index contributed by atoms with van der Waals surface area (Å²) in [6, 6.07) is 6.68. The molecular formula is C14H16N2O4. The van der Waals surface area contributed by atoms with Crippen molar-refractivity contribution in [1.29, 1.82) is 0 Å². The van der Waals surface area contributed by atoms with Gasteiger partial charge in [-0.25, -0.2) is 4.79 Å². The third-order valence-electron chi connectivity index (χ3n) is 2.30. The van der Waals surface area contributed by atoms with Crippen molar-refractivity contribution in [3.8, 4) is 12.3 Å². The summed E-state index contributed by atoms with van der Waals surface area (Å²) in [6.45, 7) is -0.0509. The summed E-state index contributed by atoms with van der Waals surface area (Å²) < 4.78 is 4.89. The van der Waals surface area contributed by atoms with Crippen LogP contribution in [-0.4, -0.2) is 43.3 Å². The van der Waals surface area contributed by atoms with Crippen LogP contribution in [0.3, 0.4) is 0 Å². The summed E-state index contributed by atoms with van der Waals surface area (Å²) >= 11 is 0. The molecule has 0 spiro atoms. The van der Waals surface area contributed by atoms with Crippen molar-refractivity contribution in [3.05, 3.63) is 29.8 Å². The average Bonchev–Trinajstić information content (AvgIpc) is 2.48. The van der Waals surface area contributed by atoms with Gasteiger partial charge < -0.3 is 20.5 Å². The van der Waals surface area contributed by atoms with Crippen molar-refractivity contribution in [2.45, 2.75) is 0 Å². The van der Waals surface area contributed by atoms with Crippen LogP contribution in [0.25, 0.3) is 0 Å². The maximum atomic E-state index is 11.9. The Morgan fingerprint density at radius 3 is 2.80 bits per heavy atom. The van der Waals surface area contributed by atoms with E-state index >= 15 is 0 Å². The van der Waals surface area contributed by atoms with Gasteiger partial charge in [0.15, 0.2) is 6.61 Å². The molecule has 0 aromatic heterocycles. The first-order valence-corrected chi connectivity index (χ1v) is 6.00. The van der Waals surface area contributed by atoms with Gasteiger partial charge in [0, 0.05) is 12.2 Å². The largest absolute Gasteiger partial charge is 0.452 e. The number of carbonyl (C=O) groups is 2. The molecule has 0 heterocycles. The molecule has 3 N–H and O–H groups in total. The fraction of sp³-hybridized carbons (Fsp3) is 0.286. The van der Waals surface area contributed by atoms with E-state index in [1.807, 2.05) is 0 Å². The molecule has 1 aromatic carbocycles. The standard InChI is InChI=1S/C14H16N2O4/c1-2-7-16-13(18)10-20-14(19)11-5-3-4-6-12(11)15-8-9-17/h1,3-6,15,17H,7-10H2,(H,16,18). The van der Waals surface area contributed by atoms with E-state index in [2.05, 4.69) is 16.6 Å². The number of carbonyl (C=O) groups excluding carboxylic acids is 2. The number of hydrogen-bond acceptors (Lipinski definition) is 5. The normalized spacial score (nSPS) is 9.40. The van der Waals surface area contributed by atoms with Crippen LogP contribution in [-0.2, 0) is 9.53 Å². The highest BCUT2D eigenvalue weighted by atomic mass is 16.5. The molecule has 1 amide bonds. The second-order valence-electron chi connectivity index (χ2n) is 3.75. The number of aliphatic hydroxyl groups is 1. The molecule has 0 saturated carbocycles. The zero-order chi connectivity index (χ0) is 14.8. The highest BCUT2D eigenvalue weighted by Crippen LogP contribution is 2.15. The molecule has 0 bridgehead atoms. The zero-order valence-electron chi connectivity index (χ0n) is 10.9. The number of benzene rings is 1. The number of terminal acetylenes is 1. The lowest BCUT2D eigenvalue weighted by atomic mass is 10.2. The summed E-state index contributed by atoms with van der Waals surface area (Å²) in [4.78, 5) is 23.1. The lowest BCUT2D eigenvalue weighted by molar-refractivity contribution is -0.123. The van der Waals surface area contributed by atoms with Gasteiger partial charge in [0.25, 0.3) is 5.91 Å². The fourth-order valence-electron chi connectivity index (χ4n) is 1.42. The lowest BCUT2D eigenvalue weighted by Crippen LogP contribution is -2.29. The van der Waals surface area contributed by atoms with E-state index < -0.39 is 18.5 Å². The lowest BCUT2D eigenvalue weighted by Gasteiger charge is -2.10. The third-order valence-corrected chi connectivity index (χ3v) is 2.30. The van der Waals surface area contributed by atoms with E-state index in [1.165, 1.54) is 0 Å². The van der Waals surface area contributed by atoms with Gasteiger partial charge in [-0.3, -0.25) is 4.79 Å². The molecule has 0 atom stereocenters. The van der Waals surface area contributed by atoms with E-state index in [4.69, 9.17) is 16.3 Å². The first-order valence-electron chi connectivity index (χ1n) is 6.00. The molecular weight excluding hydrogens is 260 g/mol. The van der Waals surface area contributed by atoms with E-state index in [0.717, 1.165) is 0 Å². The van der Waals surface area contributed by atoms with Gasteiger partial charge in [0.1, 0.15) is 0 Å². The SMILES string of the molecule is C#CCNC(=O)COC(=O)c1ccccc1NCCO.